The molecule has 3 heterocycles. The predicted octanol–water partition coefficient (Wildman–Crippen LogP) is 5.74. The standard InChI is InChI=1S/C22H22N4O2S3/c1-4-16(18(27)24-21-23-9-10-29-21)31-22-25-19(28)17-15(11-30-20(17)26-22)14-7-5-13(6-8-14)12(2)3/h5-12,16H,4H2,1-3H3,(H,23,24,27)(H,25,26,28). The first kappa shape index (κ1) is 21.7. The van der Waals surface area contributed by atoms with Crippen molar-refractivity contribution in [2.75, 3.05) is 5.32 Å². The van der Waals surface area contributed by atoms with Crippen molar-refractivity contribution in [2.24, 2.45) is 0 Å². The Morgan fingerprint density at radius 3 is 2.65 bits per heavy atom. The number of fused-ring (bicyclic) bond motifs is 1. The summed E-state index contributed by atoms with van der Waals surface area (Å²) in [5.74, 6) is 0.305. The Hall–Kier alpha value is -2.49. The van der Waals surface area contributed by atoms with Crippen molar-refractivity contribution in [3.05, 3.63) is 57.1 Å². The highest BCUT2D eigenvalue weighted by atomic mass is 32.2. The number of carbonyl (C=O) groups is 1. The quantitative estimate of drug-likeness (QED) is 0.266. The van der Waals surface area contributed by atoms with E-state index in [-0.39, 0.29) is 16.7 Å². The predicted molar refractivity (Wildman–Crippen MR) is 130 cm³/mol. The average Bonchev–Trinajstić information content (AvgIpc) is 3.42. The van der Waals surface area contributed by atoms with Gasteiger partial charge in [-0.1, -0.05) is 56.8 Å². The van der Waals surface area contributed by atoms with Crippen LogP contribution in [0.25, 0.3) is 21.3 Å². The Labute approximate surface area is 192 Å². The van der Waals surface area contributed by atoms with Crippen molar-refractivity contribution in [3.8, 4) is 11.1 Å². The summed E-state index contributed by atoms with van der Waals surface area (Å²) in [6, 6.07) is 8.30. The lowest BCUT2D eigenvalue weighted by Gasteiger charge is -2.12. The largest absolute Gasteiger partial charge is 0.301 e. The molecule has 1 atom stereocenters. The molecule has 0 saturated carbocycles. The maximum absolute atomic E-state index is 12.9. The summed E-state index contributed by atoms with van der Waals surface area (Å²) in [6.07, 6.45) is 2.24. The molecule has 9 heteroatoms. The number of benzene rings is 1. The summed E-state index contributed by atoms with van der Waals surface area (Å²) in [4.78, 5) is 37.7. The number of amides is 1. The molecule has 0 fully saturated rings. The second kappa shape index (κ2) is 9.33. The van der Waals surface area contributed by atoms with Crippen LogP contribution in [0.15, 0.2) is 51.2 Å². The minimum atomic E-state index is -0.382. The van der Waals surface area contributed by atoms with Gasteiger partial charge in [0.15, 0.2) is 10.3 Å². The summed E-state index contributed by atoms with van der Waals surface area (Å²) in [6.45, 7) is 6.24. The first-order chi connectivity index (χ1) is 15.0. The van der Waals surface area contributed by atoms with E-state index in [0.717, 1.165) is 11.1 Å². The SMILES string of the molecule is CCC(Sc1nc2scc(-c3ccc(C(C)C)cc3)c2c(=O)[nH]1)C(=O)Nc1nccs1. The number of hydrogen-bond acceptors (Lipinski definition) is 7. The van der Waals surface area contributed by atoms with E-state index in [1.807, 2.05) is 12.3 Å². The normalized spacial score (nSPS) is 12.4. The molecule has 0 aliphatic heterocycles. The van der Waals surface area contributed by atoms with Gasteiger partial charge in [-0.2, -0.15) is 0 Å². The van der Waals surface area contributed by atoms with Crippen LogP contribution < -0.4 is 10.9 Å². The molecule has 0 spiro atoms. The minimum absolute atomic E-state index is 0.151. The van der Waals surface area contributed by atoms with E-state index in [2.05, 4.69) is 58.4 Å². The molecular formula is C22H22N4O2S3. The van der Waals surface area contributed by atoms with Crippen molar-refractivity contribution in [1.29, 1.82) is 0 Å². The number of rotatable bonds is 7. The molecular weight excluding hydrogens is 448 g/mol. The molecule has 1 aromatic carbocycles. The van der Waals surface area contributed by atoms with Crippen LogP contribution >= 0.6 is 34.4 Å². The molecule has 0 radical (unpaired) electrons. The van der Waals surface area contributed by atoms with Gasteiger partial charge in [-0.15, -0.1) is 22.7 Å². The van der Waals surface area contributed by atoms with Gasteiger partial charge in [-0.3, -0.25) is 9.59 Å². The number of H-pyrrole nitrogens is 1. The van der Waals surface area contributed by atoms with E-state index in [0.29, 0.717) is 32.8 Å². The van der Waals surface area contributed by atoms with Crippen LogP contribution in [0.5, 0.6) is 0 Å². The van der Waals surface area contributed by atoms with Crippen molar-refractivity contribution in [1.82, 2.24) is 15.0 Å². The van der Waals surface area contributed by atoms with Gasteiger partial charge in [0, 0.05) is 22.5 Å². The Kier molecular flexibility index (Phi) is 6.54. The Bertz CT molecular complexity index is 1240. The van der Waals surface area contributed by atoms with Gasteiger partial charge in [0.1, 0.15) is 4.83 Å². The third-order valence-electron chi connectivity index (χ3n) is 4.89. The van der Waals surface area contributed by atoms with Crippen molar-refractivity contribution in [3.63, 3.8) is 0 Å². The summed E-state index contributed by atoms with van der Waals surface area (Å²) in [5.41, 5.74) is 2.95. The summed E-state index contributed by atoms with van der Waals surface area (Å²) < 4.78 is 0. The number of hydrogen-bond donors (Lipinski definition) is 2. The molecule has 0 bridgehead atoms. The van der Waals surface area contributed by atoms with Gasteiger partial charge in [0.05, 0.1) is 10.6 Å². The summed E-state index contributed by atoms with van der Waals surface area (Å²) in [7, 11) is 0. The molecule has 4 rings (SSSR count). The van der Waals surface area contributed by atoms with Crippen molar-refractivity contribution in [2.45, 2.75) is 43.5 Å². The Morgan fingerprint density at radius 2 is 2.00 bits per heavy atom. The van der Waals surface area contributed by atoms with Crippen molar-refractivity contribution >= 4 is 55.7 Å². The van der Waals surface area contributed by atoms with Crippen LogP contribution in [0.4, 0.5) is 5.13 Å². The summed E-state index contributed by atoms with van der Waals surface area (Å²) in [5, 5.41) is 7.81. The van der Waals surface area contributed by atoms with E-state index in [4.69, 9.17) is 0 Å². The number of nitrogens with zero attached hydrogens (tertiary/aromatic N) is 2. The zero-order valence-electron chi connectivity index (χ0n) is 17.3. The molecule has 1 unspecified atom stereocenters. The smallest absolute Gasteiger partial charge is 0.260 e. The van der Waals surface area contributed by atoms with Crippen LogP contribution in [0.2, 0.25) is 0 Å². The first-order valence-corrected chi connectivity index (χ1v) is 12.6. The van der Waals surface area contributed by atoms with E-state index < -0.39 is 0 Å². The fourth-order valence-electron chi connectivity index (χ4n) is 3.17. The molecule has 160 valence electrons. The number of aromatic amines is 1. The lowest BCUT2D eigenvalue weighted by atomic mass is 9.99. The highest BCUT2D eigenvalue weighted by Gasteiger charge is 2.21. The molecule has 1 amide bonds. The number of aromatic nitrogens is 3. The number of carbonyl (C=O) groups excluding carboxylic acids is 1. The highest BCUT2D eigenvalue weighted by Crippen LogP contribution is 2.33. The van der Waals surface area contributed by atoms with Crippen molar-refractivity contribution < 1.29 is 4.79 Å². The lowest BCUT2D eigenvalue weighted by Crippen LogP contribution is -2.25. The fraction of sp³-hybridized carbons (Fsp3) is 0.273. The van der Waals surface area contributed by atoms with Crippen LogP contribution in [0.3, 0.4) is 0 Å². The van der Waals surface area contributed by atoms with E-state index in [1.165, 1.54) is 40.0 Å². The summed E-state index contributed by atoms with van der Waals surface area (Å²) >= 11 is 4.07. The fourth-order valence-corrected chi connectivity index (χ4v) is 5.61. The Morgan fingerprint density at radius 1 is 1.23 bits per heavy atom. The zero-order chi connectivity index (χ0) is 22.0. The van der Waals surface area contributed by atoms with Gasteiger partial charge < -0.3 is 10.3 Å². The van der Waals surface area contributed by atoms with E-state index in [9.17, 15) is 9.59 Å². The highest BCUT2D eigenvalue weighted by molar-refractivity contribution is 8.00. The zero-order valence-corrected chi connectivity index (χ0v) is 19.8. The average molecular weight is 471 g/mol. The molecule has 0 aliphatic rings. The number of thioether (sulfide) groups is 1. The molecule has 31 heavy (non-hydrogen) atoms. The number of nitrogens with one attached hydrogen (secondary N) is 2. The van der Waals surface area contributed by atoms with Crippen LogP contribution in [0, 0.1) is 0 Å². The van der Waals surface area contributed by atoms with Crippen LogP contribution in [-0.2, 0) is 4.79 Å². The topological polar surface area (TPSA) is 87.7 Å². The Balaban J connectivity index is 1.59. The minimum Gasteiger partial charge on any atom is -0.301 e. The van der Waals surface area contributed by atoms with Gasteiger partial charge in [-0.05, 0) is 23.5 Å². The second-order valence-corrected chi connectivity index (χ2v) is 10.3. The van der Waals surface area contributed by atoms with Gasteiger partial charge in [0.25, 0.3) is 5.56 Å². The first-order valence-electron chi connectivity index (χ1n) is 9.95. The molecule has 4 aromatic rings. The number of thiophene rings is 1. The molecule has 2 N–H and O–H groups in total. The maximum Gasteiger partial charge on any atom is 0.260 e. The van der Waals surface area contributed by atoms with E-state index in [1.54, 1.807) is 11.6 Å². The number of thiazole rings is 1. The molecule has 0 aliphatic carbocycles. The van der Waals surface area contributed by atoms with Gasteiger partial charge >= 0.3 is 0 Å². The van der Waals surface area contributed by atoms with Crippen LogP contribution in [0.1, 0.15) is 38.7 Å². The number of anilines is 1. The molecule has 3 aromatic heterocycles. The molecule has 0 saturated heterocycles. The molecule has 6 nitrogen and oxygen atoms in total. The van der Waals surface area contributed by atoms with Crippen LogP contribution in [-0.4, -0.2) is 26.1 Å². The third-order valence-corrected chi connectivity index (χ3v) is 7.70. The van der Waals surface area contributed by atoms with Gasteiger partial charge in [-0.25, -0.2) is 9.97 Å². The van der Waals surface area contributed by atoms with E-state index >= 15 is 0 Å². The maximum atomic E-state index is 12.9. The second-order valence-electron chi connectivity index (χ2n) is 7.32. The third kappa shape index (κ3) is 4.73. The monoisotopic (exact) mass is 470 g/mol. The lowest BCUT2D eigenvalue weighted by molar-refractivity contribution is -0.115. The van der Waals surface area contributed by atoms with Gasteiger partial charge in [0.2, 0.25) is 5.91 Å².